The molecule has 0 unspecified atom stereocenters. The zero-order valence-corrected chi connectivity index (χ0v) is 12.9. The van der Waals surface area contributed by atoms with E-state index in [1.807, 2.05) is 0 Å². The monoisotopic (exact) mass is 362 g/mol. The number of halogens is 5. The van der Waals surface area contributed by atoms with Gasteiger partial charge in [-0.1, -0.05) is 0 Å². The number of hydrogen-bond acceptors (Lipinski definition) is 3. The van der Waals surface area contributed by atoms with Crippen molar-refractivity contribution < 1.29 is 31.4 Å². The summed E-state index contributed by atoms with van der Waals surface area (Å²) in [7, 11) is 0. The standard InChI is InChI=1S/C16H11F5O2S/c17-10-3-8(16-22-5-9(24)6-23-16)4-11(18)14(10)7-1-12(19)15(21)13(20)2-7/h1-4,9,16,24H,5-6H2. The smallest absolute Gasteiger partial charge is 0.194 e. The van der Waals surface area contributed by atoms with Gasteiger partial charge < -0.3 is 9.47 Å². The predicted molar refractivity (Wildman–Crippen MR) is 79.1 cm³/mol. The molecule has 1 saturated heterocycles. The third-order valence-electron chi connectivity index (χ3n) is 3.49. The Morgan fingerprint density at radius 1 is 0.792 bits per heavy atom. The lowest BCUT2D eigenvalue weighted by Crippen LogP contribution is -2.27. The summed E-state index contributed by atoms with van der Waals surface area (Å²) in [6.07, 6.45) is -0.965. The highest BCUT2D eigenvalue weighted by Gasteiger charge is 2.25. The van der Waals surface area contributed by atoms with Gasteiger partial charge in [0, 0.05) is 10.8 Å². The van der Waals surface area contributed by atoms with Gasteiger partial charge >= 0.3 is 0 Å². The van der Waals surface area contributed by atoms with Crippen molar-refractivity contribution in [1.29, 1.82) is 0 Å². The van der Waals surface area contributed by atoms with Gasteiger partial charge in [-0.05, 0) is 29.8 Å². The molecule has 1 fully saturated rings. The summed E-state index contributed by atoms with van der Waals surface area (Å²) >= 11 is 4.15. The molecule has 0 spiro atoms. The summed E-state index contributed by atoms with van der Waals surface area (Å²) < 4.78 is 78.7. The van der Waals surface area contributed by atoms with Crippen LogP contribution in [0.4, 0.5) is 22.0 Å². The normalized spacial score (nSPS) is 21.1. The second kappa shape index (κ2) is 6.70. The minimum absolute atomic E-state index is 0.0806. The molecule has 0 N–H and O–H groups in total. The van der Waals surface area contributed by atoms with Crippen molar-refractivity contribution in [2.24, 2.45) is 0 Å². The van der Waals surface area contributed by atoms with Gasteiger partial charge in [0.25, 0.3) is 0 Å². The molecular formula is C16H11F5O2S. The number of thiol groups is 1. The molecule has 2 aromatic carbocycles. The largest absolute Gasteiger partial charge is 0.347 e. The van der Waals surface area contributed by atoms with E-state index in [0.717, 1.165) is 12.1 Å². The van der Waals surface area contributed by atoms with Gasteiger partial charge in [0.2, 0.25) is 0 Å². The van der Waals surface area contributed by atoms with Gasteiger partial charge in [-0.25, -0.2) is 22.0 Å². The molecule has 24 heavy (non-hydrogen) atoms. The Labute approximate surface area is 139 Å². The molecular weight excluding hydrogens is 351 g/mol. The molecule has 2 nitrogen and oxygen atoms in total. The van der Waals surface area contributed by atoms with E-state index in [0.29, 0.717) is 12.1 Å². The second-order valence-corrected chi connectivity index (χ2v) is 6.00. The molecule has 0 aliphatic carbocycles. The van der Waals surface area contributed by atoms with Crippen LogP contribution < -0.4 is 0 Å². The van der Waals surface area contributed by atoms with E-state index < -0.39 is 46.5 Å². The first-order valence-electron chi connectivity index (χ1n) is 6.92. The fourth-order valence-electron chi connectivity index (χ4n) is 2.39. The second-order valence-electron chi connectivity index (χ2n) is 5.27. The summed E-state index contributed by atoms with van der Waals surface area (Å²) in [5, 5.41) is -0.139. The summed E-state index contributed by atoms with van der Waals surface area (Å²) in [6, 6.07) is 2.94. The first-order valence-corrected chi connectivity index (χ1v) is 7.43. The summed E-state index contributed by atoms with van der Waals surface area (Å²) in [4.78, 5) is 0. The molecule has 0 saturated carbocycles. The fourth-order valence-corrected chi connectivity index (χ4v) is 2.56. The minimum atomic E-state index is -1.71. The quantitative estimate of drug-likeness (QED) is 0.485. The average molecular weight is 362 g/mol. The lowest BCUT2D eigenvalue weighted by Gasteiger charge is -2.27. The van der Waals surface area contributed by atoms with Crippen LogP contribution >= 0.6 is 12.6 Å². The lowest BCUT2D eigenvalue weighted by atomic mass is 10.0. The summed E-state index contributed by atoms with van der Waals surface area (Å²) in [5.74, 6) is -6.92. The third kappa shape index (κ3) is 3.26. The highest BCUT2D eigenvalue weighted by atomic mass is 32.1. The Kier molecular flexibility index (Phi) is 4.80. The van der Waals surface area contributed by atoms with Crippen molar-refractivity contribution in [3.63, 3.8) is 0 Å². The molecule has 1 heterocycles. The lowest BCUT2D eigenvalue weighted by molar-refractivity contribution is -0.179. The van der Waals surface area contributed by atoms with Crippen LogP contribution in [0.25, 0.3) is 11.1 Å². The Bertz CT molecular complexity index is 729. The van der Waals surface area contributed by atoms with E-state index in [1.165, 1.54) is 0 Å². The van der Waals surface area contributed by atoms with Crippen molar-refractivity contribution in [2.45, 2.75) is 11.5 Å². The maximum absolute atomic E-state index is 14.3. The molecule has 3 rings (SSSR count). The third-order valence-corrected chi connectivity index (χ3v) is 3.79. The van der Waals surface area contributed by atoms with E-state index in [-0.39, 0.29) is 24.0 Å². The SMILES string of the molecule is Fc1cc(-c2c(F)cc(C3OCC(S)CO3)cc2F)cc(F)c1F. The van der Waals surface area contributed by atoms with Crippen LogP contribution in [-0.2, 0) is 9.47 Å². The first-order chi connectivity index (χ1) is 11.4. The summed E-state index contributed by atoms with van der Waals surface area (Å²) in [6.45, 7) is 0.486. The van der Waals surface area contributed by atoms with E-state index >= 15 is 0 Å². The highest BCUT2D eigenvalue weighted by molar-refractivity contribution is 7.81. The van der Waals surface area contributed by atoms with Gasteiger partial charge in [-0.3, -0.25) is 0 Å². The molecule has 8 heteroatoms. The number of benzene rings is 2. The Hall–Kier alpha value is -1.64. The van der Waals surface area contributed by atoms with E-state index in [4.69, 9.17) is 9.47 Å². The van der Waals surface area contributed by atoms with Gasteiger partial charge in [0.1, 0.15) is 11.6 Å². The van der Waals surface area contributed by atoms with Crippen molar-refractivity contribution in [3.8, 4) is 11.1 Å². The van der Waals surface area contributed by atoms with Crippen LogP contribution in [0.15, 0.2) is 24.3 Å². The highest BCUT2D eigenvalue weighted by Crippen LogP contribution is 2.33. The maximum Gasteiger partial charge on any atom is 0.194 e. The number of hydrogen-bond donors (Lipinski definition) is 1. The van der Waals surface area contributed by atoms with Gasteiger partial charge in [0.15, 0.2) is 23.7 Å². The molecule has 0 atom stereocenters. The van der Waals surface area contributed by atoms with Crippen molar-refractivity contribution in [2.75, 3.05) is 13.2 Å². The van der Waals surface area contributed by atoms with Crippen LogP contribution in [0.2, 0.25) is 0 Å². The molecule has 128 valence electrons. The molecule has 0 amide bonds. The van der Waals surface area contributed by atoms with Crippen LogP contribution in [0, 0.1) is 29.1 Å². The zero-order chi connectivity index (χ0) is 17.4. The van der Waals surface area contributed by atoms with Crippen molar-refractivity contribution >= 4 is 12.6 Å². The maximum atomic E-state index is 14.3. The van der Waals surface area contributed by atoms with Crippen LogP contribution in [0.3, 0.4) is 0 Å². The summed E-state index contributed by atoms with van der Waals surface area (Å²) in [5.41, 5.74) is -1.04. The van der Waals surface area contributed by atoms with Gasteiger partial charge in [0.05, 0.1) is 18.8 Å². The van der Waals surface area contributed by atoms with E-state index in [1.54, 1.807) is 0 Å². The topological polar surface area (TPSA) is 18.5 Å². The first kappa shape index (κ1) is 17.2. The number of ether oxygens (including phenoxy) is 2. The Morgan fingerprint density at radius 2 is 1.29 bits per heavy atom. The Balaban J connectivity index is 1.99. The van der Waals surface area contributed by atoms with Crippen LogP contribution in [0.1, 0.15) is 11.9 Å². The Morgan fingerprint density at radius 3 is 1.79 bits per heavy atom. The molecule has 0 radical (unpaired) electrons. The molecule has 0 bridgehead atoms. The fraction of sp³-hybridized carbons (Fsp3) is 0.250. The van der Waals surface area contributed by atoms with Gasteiger partial charge in [-0.15, -0.1) is 0 Å². The predicted octanol–water partition coefficient (Wildman–Crippen LogP) is 4.39. The van der Waals surface area contributed by atoms with Crippen LogP contribution in [0.5, 0.6) is 0 Å². The molecule has 1 aliphatic rings. The van der Waals surface area contributed by atoms with E-state index in [9.17, 15) is 22.0 Å². The number of rotatable bonds is 2. The van der Waals surface area contributed by atoms with Gasteiger partial charge in [-0.2, -0.15) is 12.6 Å². The zero-order valence-electron chi connectivity index (χ0n) is 12.0. The van der Waals surface area contributed by atoms with E-state index in [2.05, 4.69) is 12.6 Å². The molecule has 0 aromatic heterocycles. The van der Waals surface area contributed by atoms with Crippen molar-refractivity contribution in [3.05, 3.63) is 58.9 Å². The molecule has 2 aromatic rings. The van der Waals surface area contributed by atoms with Crippen molar-refractivity contribution in [1.82, 2.24) is 0 Å². The average Bonchev–Trinajstić information content (AvgIpc) is 2.52. The minimum Gasteiger partial charge on any atom is -0.347 e. The van der Waals surface area contributed by atoms with Crippen LogP contribution in [-0.4, -0.2) is 18.5 Å². The molecule has 1 aliphatic heterocycles.